The third kappa shape index (κ3) is 9.38. The number of anilines is 2. The number of aromatic nitrogens is 6. The predicted octanol–water partition coefficient (Wildman–Crippen LogP) is 6.88. The minimum absolute atomic E-state index is 0.0355. The average Bonchev–Trinajstić information content (AvgIpc) is 3.95. The molecule has 1 aliphatic carbocycles. The van der Waals surface area contributed by atoms with Crippen molar-refractivity contribution in [1.82, 2.24) is 49.9 Å². The van der Waals surface area contributed by atoms with E-state index < -0.39 is 18.0 Å². The van der Waals surface area contributed by atoms with Crippen molar-refractivity contribution in [2.75, 3.05) is 56.9 Å². The number of fused-ring (bicyclic) bond motifs is 1. The van der Waals surface area contributed by atoms with Gasteiger partial charge in [-0.1, -0.05) is 23.4 Å². The summed E-state index contributed by atoms with van der Waals surface area (Å²) in [6.45, 7) is 7.40. The minimum atomic E-state index is -2.83. The molecule has 0 radical (unpaired) electrons. The topological polar surface area (TPSA) is 194 Å². The van der Waals surface area contributed by atoms with Gasteiger partial charge in [-0.05, 0) is 132 Å². The summed E-state index contributed by atoms with van der Waals surface area (Å²) in [5, 5.41) is 15.7. The number of pyridine rings is 1. The van der Waals surface area contributed by atoms with Gasteiger partial charge in [-0.25, -0.2) is 23.4 Å². The molecule has 5 aromatic rings. The zero-order valence-corrected chi connectivity index (χ0v) is 38.3. The quantitative estimate of drug-likeness (QED) is 0.104. The van der Waals surface area contributed by atoms with E-state index in [1.807, 2.05) is 69.8 Å². The van der Waals surface area contributed by atoms with Crippen LogP contribution in [0, 0.1) is 0 Å². The van der Waals surface area contributed by atoms with Crippen LogP contribution in [0.3, 0.4) is 0 Å². The second-order valence-electron chi connectivity index (χ2n) is 19.5. The maximum atomic E-state index is 15.8. The molecule has 5 fully saturated rings. The fraction of sp³-hybridized carbons (Fsp3) is 0.551. The van der Waals surface area contributed by atoms with Gasteiger partial charge in [-0.15, -0.1) is 0 Å². The van der Waals surface area contributed by atoms with E-state index in [9.17, 15) is 14.4 Å². The summed E-state index contributed by atoms with van der Waals surface area (Å²) in [4.78, 5) is 56.4. The van der Waals surface area contributed by atoms with Crippen LogP contribution in [0.4, 0.5) is 20.3 Å². The smallest absolute Gasteiger partial charge is 0.275 e. The molecule has 67 heavy (non-hydrogen) atoms. The first-order valence-corrected chi connectivity index (χ1v) is 24.2. The number of hydrogen-bond acceptors (Lipinski definition) is 13. The first-order chi connectivity index (χ1) is 32.4. The second kappa shape index (κ2) is 18.7. The molecule has 1 aromatic carbocycles. The van der Waals surface area contributed by atoms with Gasteiger partial charge in [0.1, 0.15) is 35.3 Å². The van der Waals surface area contributed by atoms with Gasteiger partial charge in [0.25, 0.3) is 5.92 Å². The Bertz CT molecular complexity index is 2600. The molecule has 16 nitrogen and oxygen atoms in total. The van der Waals surface area contributed by atoms with Crippen molar-refractivity contribution in [3.8, 4) is 22.6 Å². The van der Waals surface area contributed by atoms with E-state index in [1.54, 1.807) is 0 Å². The molecule has 1 saturated carbocycles. The van der Waals surface area contributed by atoms with Crippen molar-refractivity contribution in [2.24, 2.45) is 0 Å². The van der Waals surface area contributed by atoms with E-state index in [-0.39, 0.29) is 48.1 Å². The SMILES string of the molecule is CC(C)n1nc(-c2noc(C3CC3)c2-c2ccc(C3CCN(C(=O)CCCN4CCC(N5CCC(c6ccc(NC7CCC(=O)NC7=O)cc6)CC5)C(F)(F)C4)CC3)cn2)c2c(N)ncnc21. The number of nitrogen functional groups attached to an aromatic ring is 1. The highest BCUT2D eigenvalue weighted by Crippen LogP contribution is 2.48. The zero-order valence-electron chi connectivity index (χ0n) is 38.3. The van der Waals surface area contributed by atoms with Gasteiger partial charge in [0.15, 0.2) is 5.65 Å². The predicted molar refractivity (Wildman–Crippen MR) is 248 cm³/mol. The lowest BCUT2D eigenvalue weighted by atomic mass is 9.87. The molecule has 4 saturated heterocycles. The third-order valence-corrected chi connectivity index (χ3v) is 14.7. The molecule has 4 N–H and O–H groups in total. The summed E-state index contributed by atoms with van der Waals surface area (Å²) in [6.07, 6.45) is 10.8. The minimum Gasteiger partial charge on any atom is -0.383 e. The summed E-state index contributed by atoms with van der Waals surface area (Å²) in [6, 6.07) is 11.0. The number of benzene rings is 1. The molecule has 18 heteroatoms. The van der Waals surface area contributed by atoms with Crippen molar-refractivity contribution in [1.29, 1.82) is 0 Å². The first kappa shape index (κ1) is 44.9. The van der Waals surface area contributed by atoms with Crippen molar-refractivity contribution < 1.29 is 27.7 Å². The highest BCUT2D eigenvalue weighted by atomic mass is 19.3. The fourth-order valence-electron chi connectivity index (χ4n) is 10.8. The Morgan fingerprint density at radius 1 is 0.881 bits per heavy atom. The van der Waals surface area contributed by atoms with Crippen LogP contribution in [0.2, 0.25) is 0 Å². The summed E-state index contributed by atoms with van der Waals surface area (Å²) in [7, 11) is 0. The highest BCUT2D eigenvalue weighted by molar-refractivity contribution is 6.02. The lowest BCUT2D eigenvalue weighted by Crippen LogP contribution is -2.59. The van der Waals surface area contributed by atoms with Crippen LogP contribution in [0.5, 0.6) is 0 Å². The largest absolute Gasteiger partial charge is 0.383 e. The van der Waals surface area contributed by atoms with Crippen molar-refractivity contribution >= 4 is 40.3 Å². The Hall–Kier alpha value is -5.88. The van der Waals surface area contributed by atoms with Crippen LogP contribution in [-0.4, -0.2) is 126 Å². The molecule has 5 aliphatic rings. The normalized spacial score (nSPS) is 22.4. The molecule has 2 unspecified atom stereocenters. The number of hydrogen-bond donors (Lipinski definition) is 3. The maximum absolute atomic E-state index is 15.8. The monoisotopic (exact) mass is 918 g/mol. The number of halogens is 2. The van der Waals surface area contributed by atoms with E-state index in [1.165, 1.54) is 11.9 Å². The van der Waals surface area contributed by atoms with Crippen LogP contribution >= 0.6 is 0 Å². The summed E-state index contributed by atoms with van der Waals surface area (Å²) < 4.78 is 39.3. The van der Waals surface area contributed by atoms with Crippen LogP contribution in [0.15, 0.2) is 53.4 Å². The van der Waals surface area contributed by atoms with Crippen LogP contribution in [0.1, 0.15) is 125 Å². The van der Waals surface area contributed by atoms with Gasteiger partial charge in [-0.3, -0.25) is 34.5 Å². The molecule has 0 bridgehead atoms. The number of rotatable bonds is 13. The zero-order chi connectivity index (χ0) is 46.4. The van der Waals surface area contributed by atoms with Gasteiger partial charge < -0.3 is 20.5 Å². The number of alkyl halides is 2. The van der Waals surface area contributed by atoms with E-state index in [0.717, 1.165) is 66.8 Å². The highest BCUT2D eigenvalue weighted by Gasteiger charge is 2.48. The number of likely N-dealkylation sites (tertiary alicyclic amines) is 3. The fourth-order valence-corrected chi connectivity index (χ4v) is 10.8. The Morgan fingerprint density at radius 3 is 2.30 bits per heavy atom. The van der Waals surface area contributed by atoms with Crippen LogP contribution < -0.4 is 16.4 Å². The number of carbonyl (C=O) groups excluding carboxylic acids is 3. The molecule has 3 amide bonds. The number of imide groups is 1. The number of nitrogens with two attached hydrogens (primary N) is 1. The molecule has 8 heterocycles. The van der Waals surface area contributed by atoms with Gasteiger partial charge in [0.2, 0.25) is 17.7 Å². The Kier molecular flexibility index (Phi) is 12.5. The van der Waals surface area contributed by atoms with Crippen LogP contribution in [-0.2, 0) is 14.4 Å². The standard InChI is InChI=1S/C49H60F2N12O4/c1-29(2)63-47-42(46(52)54-28-55-47)43(58-63)44-41(45(67-59-44)33-5-6-33)36-12-9-34(26-53-36)32-17-24-62(25-18-32)40(65)4-3-20-60-21-19-38(49(50,51)27-60)61-22-15-31(16-23-61)30-7-10-35(11-8-30)56-37-13-14-39(64)57-48(37)66/h7-12,26,28-29,31-33,37-38,56H,3-6,13-25,27H2,1-2H3,(H2,52,54,55)(H,57,64,66). The van der Waals surface area contributed by atoms with Crippen molar-refractivity contribution in [3.63, 3.8) is 0 Å². The molecule has 354 valence electrons. The molecule has 4 aromatic heterocycles. The first-order valence-electron chi connectivity index (χ1n) is 24.2. The van der Waals surface area contributed by atoms with Gasteiger partial charge >= 0.3 is 0 Å². The van der Waals surface area contributed by atoms with Gasteiger partial charge in [0.05, 0.1) is 29.2 Å². The van der Waals surface area contributed by atoms with E-state index in [0.29, 0.717) is 99.6 Å². The molecule has 10 rings (SSSR count). The average molecular weight is 919 g/mol. The molecule has 0 spiro atoms. The van der Waals surface area contributed by atoms with E-state index in [4.69, 9.17) is 20.3 Å². The molecular weight excluding hydrogens is 859 g/mol. The van der Waals surface area contributed by atoms with Crippen molar-refractivity contribution in [2.45, 2.75) is 126 Å². The maximum Gasteiger partial charge on any atom is 0.275 e. The third-order valence-electron chi connectivity index (χ3n) is 14.7. The lowest BCUT2D eigenvalue weighted by Gasteiger charge is -2.46. The van der Waals surface area contributed by atoms with Gasteiger partial charge in [-0.2, -0.15) is 5.10 Å². The number of piperidine rings is 4. The lowest BCUT2D eigenvalue weighted by molar-refractivity contribution is -0.135. The summed E-state index contributed by atoms with van der Waals surface area (Å²) in [5.41, 5.74) is 12.9. The molecular formula is C49H60F2N12O4. The Labute approximate surface area is 388 Å². The second-order valence-corrected chi connectivity index (χ2v) is 19.5. The van der Waals surface area contributed by atoms with E-state index in [2.05, 4.69) is 31.8 Å². The van der Waals surface area contributed by atoms with Crippen LogP contribution in [0.25, 0.3) is 33.7 Å². The molecule has 2 atom stereocenters. The number of carbonyl (C=O) groups is 3. The van der Waals surface area contributed by atoms with Crippen molar-refractivity contribution in [3.05, 3.63) is 65.8 Å². The number of nitrogens with one attached hydrogen (secondary N) is 2. The van der Waals surface area contributed by atoms with E-state index >= 15 is 8.78 Å². The summed E-state index contributed by atoms with van der Waals surface area (Å²) in [5.74, 6) is -1.34. The number of nitrogens with zero attached hydrogens (tertiary/aromatic N) is 9. The number of amides is 3. The van der Waals surface area contributed by atoms with Gasteiger partial charge in [0, 0.05) is 56.3 Å². The Morgan fingerprint density at radius 2 is 1.61 bits per heavy atom. The summed E-state index contributed by atoms with van der Waals surface area (Å²) >= 11 is 0. The Balaban J connectivity index is 0.676. The molecule has 4 aliphatic heterocycles.